The number of imide groups is 1. The average molecular weight is 714 g/mol. The smallest absolute Gasteiger partial charge is 0.263 e. The number of piperidine rings is 1. The molecule has 2 atom stereocenters. The number of carbonyl (C=O) groups is 3. The Hall–Kier alpha value is -5.00. The van der Waals surface area contributed by atoms with Crippen LogP contribution in [-0.4, -0.2) is 86.0 Å². The van der Waals surface area contributed by atoms with Crippen LogP contribution in [0.3, 0.4) is 0 Å². The second kappa shape index (κ2) is 13.5. The molecule has 0 bridgehead atoms. The van der Waals surface area contributed by atoms with Crippen LogP contribution in [0.15, 0.2) is 72.8 Å². The van der Waals surface area contributed by atoms with Crippen LogP contribution < -0.4 is 25.8 Å². The Morgan fingerprint density at radius 1 is 0.846 bits per heavy atom. The minimum absolute atomic E-state index is 0.00989. The highest BCUT2D eigenvalue weighted by Crippen LogP contribution is 2.41. The highest BCUT2D eigenvalue weighted by atomic mass is 32.1. The number of aromatic nitrogens is 1. The van der Waals surface area contributed by atoms with E-state index >= 15 is 0 Å². The van der Waals surface area contributed by atoms with Crippen LogP contribution in [0, 0.1) is 5.92 Å². The fraction of sp³-hybridized carbons (Fsp3) is 0.366. The van der Waals surface area contributed by atoms with Crippen LogP contribution in [0.25, 0.3) is 32.2 Å². The van der Waals surface area contributed by atoms with Crippen molar-refractivity contribution in [3.05, 3.63) is 83.2 Å². The predicted octanol–water partition coefficient (Wildman–Crippen LogP) is 5.83. The molecule has 52 heavy (non-hydrogen) atoms. The number of rotatable bonds is 7. The van der Waals surface area contributed by atoms with Crippen molar-refractivity contribution in [2.24, 2.45) is 5.92 Å². The summed E-state index contributed by atoms with van der Waals surface area (Å²) >= 11 is 1.54. The van der Waals surface area contributed by atoms with Gasteiger partial charge < -0.3 is 20.4 Å². The first-order chi connectivity index (χ1) is 25.4. The van der Waals surface area contributed by atoms with Crippen LogP contribution in [0.5, 0.6) is 0 Å². The molecule has 1 unspecified atom stereocenters. The van der Waals surface area contributed by atoms with E-state index in [9.17, 15) is 14.4 Å². The van der Waals surface area contributed by atoms with Gasteiger partial charge in [0.25, 0.3) is 5.91 Å². The summed E-state index contributed by atoms with van der Waals surface area (Å²) in [5, 5.41) is 11.2. The van der Waals surface area contributed by atoms with Gasteiger partial charge in [-0.3, -0.25) is 24.6 Å². The summed E-state index contributed by atoms with van der Waals surface area (Å²) in [6, 6.07) is 25.6. The third kappa shape index (κ3) is 6.26. The lowest BCUT2D eigenvalue weighted by Gasteiger charge is -2.43. The van der Waals surface area contributed by atoms with Gasteiger partial charge in [0.1, 0.15) is 4.88 Å². The summed E-state index contributed by atoms with van der Waals surface area (Å²) in [5.74, 6) is 0.120. The van der Waals surface area contributed by atoms with E-state index in [-0.39, 0.29) is 29.7 Å². The highest BCUT2D eigenvalue weighted by Gasteiger charge is 2.30. The standard InChI is InChI=1S/C41H43N7O3S/c1-25-22-42-38-37-32-10-12-33(44-34(32)13-14-35(37)52-39(38)41(51)43-25)28-4-8-30(9-5-28)48-23-26(24-48)16-17-46-18-20-47(21-19-46)29-6-2-27(3-7-29)31-11-15-36(49)45-40(31)50/h2-10,12-14,25-26,31,42H,11,15-24H2,1H3,(H,43,51)(H,45,49,50)/t25-,31?/m1/s1. The third-order valence-corrected chi connectivity index (χ3v) is 12.5. The average Bonchev–Trinajstić information content (AvgIpc) is 3.46. The number of benzene rings is 3. The predicted molar refractivity (Wildman–Crippen MR) is 209 cm³/mol. The van der Waals surface area contributed by atoms with E-state index in [1.165, 1.54) is 29.1 Å². The van der Waals surface area contributed by atoms with Crippen LogP contribution >= 0.6 is 11.3 Å². The van der Waals surface area contributed by atoms with Gasteiger partial charge in [-0.25, -0.2) is 4.98 Å². The van der Waals surface area contributed by atoms with Crippen molar-refractivity contribution in [1.29, 1.82) is 0 Å². The number of nitrogens with zero attached hydrogens (tertiary/aromatic N) is 4. The van der Waals surface area contributed by atoms with Crippen molar-refractivity contribution in [3.63, 3.8) is 0 Å². The molecule has 0 aliphatic carbocycles. The molecule has 11 heteroatoms. The number of anilines is 3. The Labute approximate surface area is 307 Å². The Bertz CT molecular complexity index is 2170. The van der Waals surface area contributed by atoms with E-state index in [0.717, 1.165) is 94.2 Å². The SMILES string of the molecule is C[C@@H]1CNc2c(sc3ccc4nc(-c5ccc(N6CC(CCN7CCN(c8ccc(C9CCC(=O)NC9=O)cc8)CC7)C6)cc5)ccc4c23)C(=O)N1. The van der Waals surface area contributed by atoms with Gasteiger partial charge in [-0.2, -0.15) is 0 Å². The largest absolute Gasteiger partial charge is 0.381 e. The number of fused-ring (bicyclic) bond motifs is 5. The molecule has 3 amide bonds. The number of thiophene rings is 1. The summed E-state index contributed by atoms with van der Waals surface area (Å²) in [4.78, 5) is 49.9. The molecule has 4 aliphatic heterocycles. The zero-order chi connectivity index (χ0) is 35.3. The zero-order valence-electron chi connectivity index (χ0n) is 29.4. The van der Waals surface area contributed by atoms with Crippen LogP contribution in [0.4, 0.5) is 17.1 Å². The molecule has 0 saturated carbocycles. The number of hydrogen-bond acceptors (Lipinski definition) is 9. The number of pyridine rings is 1. The lowest BCUT2D eigenvalue weighted by Crippen LogP contribution is -2.50. The quantitative estimate of drug-likeness (QED) is 0.181. The first-order valence-corrected chi connectivity index (χ1v) is 19.4. The Morgan fingerprint density at radius 3 is 2.37 bits per heavy atom. The molecule has 0 radical (unpaired) electrons. The van der Waals surface area contributed by atoms with Crippen molar-refractivity contribution < 1.29 is 14.4 Å². The molecule has 3 N–H and O–H groups in total. The number of hydrogen-bond donors (Lipinski definition) is 3. The lowest BCUT2D eigenvalue weighted by atomic mass is 9.90. The number of amides is 3. The van der Waals surface area contributed by atoms with Gasteiger partial charge in [0.15, 0.2) is 0 Å². The fourth-order valence-electron chi connectivity index (χ4n) is 8.22. The van der Waals surface area contributed by atoms with Gasteiger partial charge in [-0.1, -0.05) is 24.3 Å². The van der Waals surface area contributed by atoms with E-state index in [1.807, 2.05) is 19.1 Å². The van der Waals surface area contributed by atoms with Crippen molar-refractivity contribution in [3.8, 4) is 11.3 Å². The summed E-state index contributed by atoms with van der Waals surface area (Å²) < 4.78 is 1.09. The molecule has 3 fully saturated rings. The Kier molecular flexibility index (Phi) is 8.55. The highest BCUT2D eigenvalue weighted by molar-refractivity contribution is 7.21. The van der Waals surface area contributed by atoms with Crippen LogP contribution in [-0.2, 0) is 9.59 Å². The third-order valence-electron chi connectivity index (χ3n) is 11.3. The second-order valence-corrected chi connectivity index (χ2v) is 15.8. The van der Waals surface area contributed by atoms with Crippen LogP contribution in [0.2, 0.25) is 0 Å². The molecular weight excluding hydrogens is 671 g/mol. The molecule has 0 spiro atoms. The topological polar surface area (TPSA) is 110 Å². The summed E-state index contributed by atoms with van der Waals surface area (Å²) in [5.41, 5.74) is 7.35. The van der Waals surface area contributed by atoms with Crippen molar-refractivity contribution in [2.45, 2.75) is 38.1 Å². The molecule has 9 rings (SSSR count). The summed E-state index contributed by atoms with van der Waals surface area (Å²) in [6.45, 7) is 10.2. The Balaban J connectivity index is 0.761. The van der Waals surface area contributed by atoms with Crippen molar-refractivity contribution in [1.82, 2.24) is 20.5 Å². The van der Waals surface area contributed by atoms with Crippen molar-refractivity contribution in [2.75, 3.05) is 67.5 Å². The summed E-state index contributed by atoms with van der Waals surface area (Å²) in [7, 11) is 0. The van der Waals surface area contributed by atoms with E-state index < -0.39 is 0 Å². The van der Waals surface area contributed by atoms with E-state index in [1.54, 1.807) is 0 Å². The monoisotopic (exact) mass is 713 g/mol. The van der Waals surface area contributed by atoms with E-state index in [0.29, 0.717) is 25.3 Å². The molecule has 3 aromatic carbocycles. The normalized spacial score (nSPS) is 21.4. The molecule has 3 saturated heterocycles. The zero-order valence-corrected chi connectivity index (χ0v) is 30.2. The molecule has 2 aromatic heterocycles. The van der Waals surface area contributed by atoms with Gasteiger partial charge in [-0.15, -0.1) is 11.3 Å². The van der Waals surface area contributed by atoms with Gasteiger partial charge in [0.2, 0.25) is 11.8 Å². The molecule has 5 aromatic rings. The minimum atomic E-state index is -0.233. The summed E-state index contributed by atoms with van der Waals surface area (Å²) in [6.07, 6.45) is 2.21. The first-order valence-electron chi connectivity index (χ1n) is 18.5. The number of carbonyl (C=O) groups excluding carboxylic acids is 3. The lowest BCUT2D eigenvalue weighted by molar-refractivity contribution is -0.134. The van der Waals surface area contributed by atoms with Gasteiger partial charge >= 0.3 is 0 Å². The molecule has 4 aliphatic rings. The maximum Gasteiger partial charge on any atom is 0.263 e. The van der Waals surface area contributed by atoms with E-state index in [4.69, 9.17) is 4.98 Å². The maximum absolute atomic E-state index is 12.8. The first kappa shape index (κ1) is 32.9. The number of piperazine rings is 1. The Morgan fingerprint density at radius 2 is 1.60 bits per heavy atom. The van der Waals surface area contributed by atoms with Gasteiger partial charge in [0, 0.05) is 90.7 Å². The van der Waals surface area contributed by atoms with Gasteiger partial charge in [-0.05, 0) is 86.3 Å². The second-order valence-electron chi connectivity index (χ2n) is 14.8. The minimum Gasteiger partial charge on any atom is -0.381 e. The maximum atomic E-state index is 12.8. The van der Waals surface area contributed by atoms with Crippen molar-refractivity contribution >= 4 is 67.1 Å². The fourth-order valence-corrected chi connectivity index (χ4v) is 9.31. The van der Waals surface area contributed by atoms with Gasteiger partial charge in [0.05, 0.1) is 22.8 Å². The molecule has 10 nitrogen and oxygen atoms in total. The number of nitrogens with one attached hydrogen (secondary N) is 3. The van der Waals surface area contributed by atoms with E-state index in [2.05, 4.69) is 91.3 Å². The molecule has 6 heterocycles. The van der Waals surface area contributed by atoms with Crippen LogP contribution in [0.1, 0.15) is 47.3 Å². The molecule has 266 valence electrons. The molecular formula is C41H43N7O3S.